The zero-order chi connectivity index (χ0) is 13.0. The molecule has 0 amide bonds. The molecule has 0 aromatic heterocycles. The minimum absolute atomic E-state index is 0. The molecule has 0 saturated carbocycles. The van der Waals surface area contributed by atoms with E-state index < -0.39 is 0 Å². The van der Waals surface area contributed by atoms with Crippen LogP contribution in [0.2, 0.25) is 0 Å². The van der Waals surface area contributed by atoms with Crippen molar-refractivity contribution in [2.24, 2.45) is 0 Å². The maximum Gasteiger partial charge on any atom is 0.123 e. The molecule has 0 aliphatic carbocycles. The number of likely N-dealkylation sites (N-methyl/N-ethyl adjacent to an activating group) is 2. The summed E-state index contributed by atoms with van der Waals surface area (Å²) >= 11 is 2.29. The van der Waals surface area contributed by atoms with Crippen LogP contribution in [0.4, 0.5) is 0 Å². The Kier molecular flexibility index (Phi) is 8.18. The van der Waals surface area contributed by atoms with Crippen LogP contribution in [0.25, 0.3) is 0 Å². The Morgan fingerprint density at radius 1 is 1.17 bits per heavy atom. The number of phenols is 1. The van der Waals surface area contributed by atoms with Crippen LogP contribution in [0.15, 0.2) is 12.1 Å². The summed E-state index contributed by atoms with van der Waals surface area (Å²) in [7, 11) is 6.22. The van der Waals surface area contributed by atoms with Gasteiger partial charge in [0.25, 0.3) is 0 Å². The van der Waals surface area contributed by atoms with Crippen LogP contribution in [0.5, 0.6) is 5.75 Å². The highest BCUT2D eigenvalue weighted by molar-refractivity contribution is 14.1. The molecule has 0 aliphatic rings. The third-order valence-electron chi connectivity index (χ3n) is 2.71. The Labute approximate surface area is 130 Å². The Balaban J connectivity index is 0.00000289. The molecule has 0 aliphatic heterocycles. The van der Waals surface area contributed by atoms with Crippen molar-refractivity contribution in [3.8, 4) is 5.75 Å². The van der Waals surface area contributed by atoms with Crippen molar-refractivity contribution in [2.75, 3.05) is 34.2 Å². The molecule has 1 aromatic rings. The van der Waals surface area contributed by atoms with Gasteiger partial charge in [0.1, 0.15) is 5.75 Å². The molecule has 3 nitrogen and oxygen atoms in total. The zero-order valence-corrected chi connectivity index (χ0v) is 14.4. The molecule has 1 aromatic carbocycles. The van der Waals surface area contributed by atoms with Gasteiger partial charge in [0.05, 0.1) is 0 Å². The highest BCUT2D eigenvalue weighted by Gasteiger charge is 2.08. The molecule has 1 rings (SSSR count). The van der Waals surface area contributed by atoms with E-state index in [-0.39, 0.29) is 12.4 Å². The van der Waals surface area contributed by atoms with Gasteiger partial charge in [0.2, 0.25) is 0 Å². The molecule has 104 valence electrons. The van der Waals surface area contributed by atoms with Gasteiger partial charge in [-0.15, -0.1) is 12.4 Å². The number of rotatable bonds is 5. The second kappa shape index (κ2) is 8.19. The molecule has 0 atom stereocenters. The minimum Gasteiger partial charge on any atom is -0.507 e. The number of hydrogen-bond acceptors (Lipinski definition) is 3. The number of phenolic OH excluding ortho intramolecular Hbond substituents is 1. The van der Waals surface area contributed by atoms with Crippen LogP contribution < -0.4 is 0 Å². The lowest BCUT2D eigenvalue weighted by molar-refractivity contribution is 0.273. The zero-order valence-electron chi connectivity index (χ0n) is 11.4. The lowest BCUT2D eigenvalue weighted by Gasteiger charge is -2.20. The molecule has 0 unspecified atom stereocenters. The van der Waals surface area contributed by atoms with Crippen LogP contribution in [0, 0.1) is 10.5 Å². The average Bonchev–Trinajstić information content (AvgIpc) is 2.22. The molecule has 1 N–H and O–H groups in total. The summed E-state index contributed by atoms with van der Waals surface area (Å²) in [6.45, 7) is 4.76. The monoisotopic (exact) mass is 384 g/mol. The molecule has 0 spiro atoms. The third-order valence-corrected chi connectivity index (χ3v) is 3.34. The lowest BCUT2D eigenvalue weighted by Crippen LogP contribution is -2.28. The molecule has 0 fully saturated rings. The summed E-state index contributed by atoms with van der Waals surface area (Å²) in [5.41, 5.74) is 1.96. The lowest BCUT2D eigenvalue weighted by atomic mass is 10.1. The van der Waals surface area contributed by atoms with E-state index in [1.54, 1.807) is 0 Å². The van der Waals surface area contributed by atoms with Gasteiger partial charge in [-0.05, 0) is 68.4 Å². The van der Waals surface area contributed by atoms with Gasteiger partial charge in [0.15, 0.2) is 0 Å². The molecule has 0 radical (unpaired) electrons. The summed E-state index contributed by atoms with van der Waals surface area (Å²) < 4.78 is 1.17. The maximum atomic E-state index is 10.0. The number of aryl methyl sites for hydroxylation is 1. The maximum absolute atomic E-state index is 10.0. The standard InChI is InChI=1S/C13H21IN2O.ClH/c1-10-7-12(14)8-11(13(10)17)9-16(4)6-5-15(2)3;/h7-8,17H,5-6,9H2,1-4H3;1H. The van der Waals surface area contributed by atoms with Crippen molar-refractivity contribution in [3.05, 3.63) is 26.8 Å². The van der Waals surface area contributed by atoms with Gasteiger partial charge in [0, 0.05) is 28.8 Å². The summed E-state index contributed by atoms with van der Waals surface area (Å²) in [6, 6.07) is 4.05. The Morgan fingerprint density at radius 3 is 2.33 bits per heavy atom. The van der Waals surface area contributed by atoms with E-state index in [0.29, 0.717) is 5.75 Å². The van der Waals surface area contributed by atoms with E-state index in [4.69, 9.17) is 0 Å². The summed E-state index contributed by atoms with van der Waals surface area (Å²) in [5, 5.41) is 10.0. The van der Waals surface area contributed by atoms with E-state index in [9.17, 15) is 5.11 Å². The summed E-state index contributed by atoms with van der Waals surface area (Å²) in [4.78, 5) is 4.39. The Hall–Kier alpha value is -0.0400. The van der Waals surface area contributed by atoms with Crippen LogP contribution >= 0.6 is 35.0 Å². The number of nitrogens with zero attached hydrogens (tertiary/aromatic N) is 2. The van der Waals surface area contributed by atoms with Crippen LogP contribution in [-0.2, 0) is 6.54 Å². The van der Waals surface area contributed by atoms with Crippen molar-refractivity contribution in [2.45, 2.75) is 13.5 Å². The highest BCUT2D eigenvalue weighted by Crippen LogP contribution is 2.25. The topological polar surface area (TPSA) is 26.7 Å². The van der Waals surface area contributed by atoms with Crippen molar-refractivity contribution >= 4 is 35.0 Å². The number of benzene rings is 1. The summed E-state index contributed by atoms with van der Waals surface area (Å²) in [6.07, 6.45) is 0. The van der Waals surface area contributed by atoms with Gasteiger partial charge in [-0.25, -0.2) is 0 Å². The number of aromatic hydroxyl groups is 1. The van der Waals surface area contributed by atoms with Gasteiger partial charge >= 0.3 is 0 Å². The van der Waals surface area contributed by atoms with E-state index in [2.05, 4.69) is 59.6 Å². The minimum atomic E-state index is 0. The van der Waals surface area contributed by atoms with Gasteiger partial charge in [-0.2, -0.15) is 0 Å². The van der Waals surface area contributed by atoms with Gasteiger partial charge in [-0.1, -0.05) is 0 Å². The molecule has 0 heterocycles. The molecule has 18 heavy (non-hydrogen) atoms. The molecule has 5 heteroatoms. The molecule has 0 bridgehead atoms. The predicted octanol–water partition coefficient (Wildman–Crippen LogP) is 2.72. The first-order chi connectivity index (χ1) is 7.90. The number of halogens is 2. The van der Waals surface area contributed by atoms with Crippen LogP contribution in [0.1, 0.15) is 11.1 Å². The fraction of sp³-hybridized carbons (Fsp3) is 0.538. The quantitative estimate of drug-likeness (QED) is 0.791. The smallest absolute Gasteiger partial charge is 0.123 e. The normalized spacial score (nSPS) is 10.8. The van der Waals surface area contributed by atoms with E-state index in [1.165, 1.54) is 3.57 Å². The Morgan fingerprint density at radius 2 is 1.78 bits per heavy atom. The van der Waals surface area contributed by atoms with Crippen LogP contribution in [0.3, 0.4) is 0 Å². The average molecular weight is 385 g/mol. The molecule has 0 saturated heterocycles. The van der Waals surface area contributed by atoms with E-state index in [0.717, 1.165) is 30.8 Å². The van der Waals surface area contributed by atoms with Crippen molar-refractivity contribution in [1.29, 1.82) is 0 Å². The van der Waals surface area contributed by atoms with Crippen molar-refractivity contribution in [3.63, 3.8) is 0 Å². The van der Waals surface area contributed by atoms with E-state index in [1.807, 2.05) is 13.0 Å². The first-order valence-corrected chi connectivity index (χ1v) is 6.79. The second-order valence-corrected chi connectivity index (χ2v) is 6.02. The molecular formula is C13H22ClIN2O. The SMILES string of the molecule is Cc1cc(I)cc(CN(C)CCN(C)C)c1O.Cl. The highest BCUT2D eigenvalue weighted by atomic mass is 127. The first-order valence-electron chi connectivity index (χ1n) is 5.71. The van der Waals surface area contributed by atoms with E-state index >= 15 is 0 Å². The Bertz CT molecular complexity index is 385. The summed E-state index contributed by atoms with van der Waals surface area (Å²) in [5.74, 6) is 0.433. The molecular weight excluding hydrogens is 363 g/mol. The largest absolute Gasteiger partial charge is 0.507 e. The fourth-order valence-electron chi connectivity index (χ4n) is 1.67. The first kappa shape index (κ1) is 18.0. The second-order valence-electron chi connectivity index (χ2n) is 4.77. The van der Waals surface area contributed by atoms with Gasteiger partial charge < -0.3 is 14.9 Å². The number of hydrogen-bond donors (Lipinski definition) is 1. The fourth-order valence-corrected chi connectivity index (χ4v) is 2.51. The predicted molar refractivity (Wildman–Crippen MR) is 87.7 cm³/mol. The third kappa shape index (κ3) is 5.73. The van der Waals surface area contributed by atoms with Crippen molar-refractivity contribution < 1.29 is 5.11 Å². The van der Waals surface area contributed by atoms with Crippen LogP contribution in [-0.4, -0.2) is 49.1 Å². The van der Waals surface area contributed by atoms with Gasteiger partial charge in [-0.3, -0.25) is 0 Å². The van der Waals surface area contributed by atoms with Crippen molar-refractivity contribution in [1.82, 2.24) is 9.80 Å².